The summed E-state index contributed by atoms with van der Waals surface area (Å²) in [4.78, 5) is 12.2. The zero-order chi connectivity index (χ0) is 15.2. The number of para-hydroxylation sites is 1. The normalized spacial score (nSPS) is 18.8. The van der Waals surface area contributed by atoms with Gasteiger partial charge in [0.15, 0.2) is 0 Å². The van der Waals surface area contributed by atoms with Crippen LogP contribution in [0.2, 0.25) is 0 Å². The van der Waals surface area contributed by atoms with Gasteiger partial charge in [0, 0.05) is 6.42 Å². The smallest absolute Gasteiger partial charge is 0.220 e. The molecule has 0 saturated carbocycles. The molecule has 2 unspecified atom stereocenters. The number of amides is 1. The number of hydrogen-bond acceptors (Lipinski definition) is 3. The number of fused-ring (bicyclic) bond motifs is 1. The molecule has 1 aromatic carbocycles. The average molecular weight is 291 g/mol. The summed E-state index contributed by atoms with van der Waals surface area (Å²) in [7, 11) is 0. The Bertz CT molecular complexity index is 473. The topological polar surface area (TPSA) is 58.6 Å². The van der Waals surface area contributed by atoms with E-state index < -0.39 is 0 Å². The minimum atomic E-state index is -0.146. The molecule has 4 heteroatoms. The van der Waals surface area contributed by atoms with Crippen LogP contribution < -0.4 is 10.1 Å². The lowest BCUT2D eigenvalue weighted by molar-refractivity contribution is -0.122. The van der Waals surface area contributed by atoms with Gasteiger partial charge < -0.3 is 15.2 Å². The van der Waals surface area contributed by atoms with Crippen molar-refractivity contribution in [2.24, 2.45) is 5.92 Å². The molecule has 2 atom stereocenters. The minimum absolute atomic E-state index is 0.00567. The fraction of sp³-hybridized carbons (Fsp3) is 0.588. The third kappa shape index (κ3) is 4.46. The number of ether oxygens (including phenoxy) is 1. The van der Waals surface area contributed by atoms with E-state index in [-0.39, 0.29) is 24.5 Å². The molecule has 0 radical (unpaired) electrons. The van der Waals surface area contributed by atoms with Gasteiger partial charge in [-0.2, -0.15) is 0 Å². The van der Waals surface area contributed by atoms with Gasteiger partial charge in [0.25, 0.3) is 0 Å². The first-order valence-electron chi connectivity index (χ1n) is 7.72. The van der Waals surface area contributed by atoms with Gasteiger partial charge >= 0.3 is 0 Å². The van der Waals surface area contributed by atoms with Gasteiger partial charge in [-0.15, -0.1) is 0 Å². The van der Waals surface area contributed by atoms with Crippen LogP contribution in [0.4, 0.5) is 0 Å². The Balaban J connectivity index is 1.94. The van der Waals surface area contributed by atoms with E-state index in [4.69, 9.17) is 4.74 Å². The Hall–Kier alpha value is -1.55. The number of nitrogens with one attached hydrogen (secondary N) is 1. The maximum Gasteiger partial charge on any atom is 0.220 e. The van der Waals surface area contributed by atoms with Crippen LogP contribution in [0, 0.1) is 5.92 Å². The quantitative estimate of drug-likeness (QED) is 0.846. The van der Waals surface area contributed by atoms with Crippen LogP contribution in [0.15, 0.2) is 24.3 Å². The molecule has 0 fully saturated rings. The van der Waals surface area contributed by atoms with Crippen molar-refractivity contribution in [2.45, 2.75) is 45.1 Å². The number of carbonyl (C=O) groups is 1. The zero-order valence-corrected chi connectivity index (χ0v) is 12.8. The lowest BCUT2D eigenvalue weighted by Crippen LogP contribution is -2.39. The molecule has 2 N–H and O–H groups in total. The van der Waals surface area contributed by atoms with E-state index in [2.05, 4.69) is 19.2 Å². The van der Waals surface area contributed by atoms with Gasteiger partial charge in [0.05, 0.1) is 19.3 Å². The summed E-state index contributed by atoms with van der Waals surface area (Å²) in [5.41, 5.74) is 1.11. The van der Waals surface area contributed by atoms with Crippen LogP contribution in [0.25, 0.3) is 0 Å². The molecule has 2 rings (SSSR count). The SMILES string of the molecule is CC(C)CC(CO)NC(=O)CC1CCOc2ccccc21. The molecule has 1 amide bonds. The summed E-state index contributed by atoms with van der Waals surface area (Å²) in [6, 6.07) is 7.77. The highest BCUT2D eigenvalue weighted by molar-refractivity contribution is 5.77. The zero-order valence-electron chi connectivity index (χ0n) is 12.8. The fourth-order valence-electron chi connectivity index (χ4n) is 2.89. The van der Waals surface area contributed by atoms with E-state index >= 15 is 0 Å². The van der Waals surface area contributed by atoms with Crippen LogP contribution in [-0.4, -0.2) is 30.3 Å². The second-order valence-electron chi connectivity index (χ2n) is 6.15. The van der Waals surface area contributed by atoms with E-state index in [0.29, 0.717) is 18.9 Å². The Morgan fingerprint density at radius 1 is 1.43 bits per heavy atom. The highest BCUT2D eigenvalue weighted by Gasteiger charge is 2.24. The molecule has 0 aliphatic carbocycles. The number of benzene rings is 1. The third-order valence-corrected chi connectivity index (χ3v) is 3.86. The Kier molecular flexibility index (Phi) is 5.62. The third-order valence-electron chi connectivity index (χ3n) is 3.86. The molecular weight excluding hydrogens is 266 g/mol. The molecule has 1 heterocycles. The van der Waals surface area contributed by atoms with Crippen molar-refractivity contribution in [1.29, 1.82) is 0 Å². The molecule has 1 aromatic rings. The number of aliphatic hydroxyl groups is 1. The Morgan fingerprint density at radius 2 is 2.19 bits per heavy atom. The highest BCUT2D eigenvalue weighted by atomic mass is 16.5. The maximum atomic E-state index is 12.2. The molecule has 0 spiro atoms. The standard InChI is InChI=1S/C17H25NO3/c1-12(2)9-14(11-19)18-17(20)10-13-7-8-21-16-6-4-3-5-15(13)16/h3-6,12-14,19H,7-11H2,1-2H3,(H,18,20). The van der Waals surface area contributed by atoms with E-state index in [0.717, 1.165) is 24.2 Å². The second-order valence-corrected chi connectivity index (χ2v) is 6.15. The first kappa shape index (κ1) is 15.8. The van der Waals surface area contributed by atoms with Gasteiger partial charge in [-0.05, 0) is 36.3 Å². The molecule has 1 aliphatic rings. The number of rotatable bonds is 6. The minimum Gasteiger partial charge on any atom is -0.493 e. The molecule has 1 aliphatic heterocycles. The van der Waals surface area contributed by atoms with Gasteiger partial charge in [-0.25, -0.2) is 0 Å². The van der Waals surface area contributed by atoms with E-state index in [1.54, 1.807) is 0 Å². The lowest BCUT2D eigenvalue weighted by atomic mass is 9.90. The summed E-state index contributed by atoms with van der Waals surface area (Å²) < 4.78 is 5.62. The predicted molar refractivity (Wildman–Crippen MR) is 82.4 cm³/mol. The number of aliphatic hydroxyl groups excluding tert-OH is 1. The van der Waals surface area contributed by atoms with Crippen molar-refractivity contribution in [3.8, 4) is 5.75 Å². The molecule has 21 heavy (non-hydrogen) atoms. The van der Waals surface area contributed by atoms with Crippen molar-refractivity contribution in [3.05, 3.63) is 29.8 Å². The van der Waals surface area contributed by atoms with E-state index in [1.165, 1.54) is 0 Å². The van der Waals surface area contributed by atoms with Crippen molar-refractivity contribution in [2.75, 3.05) is 13.2 Å². The largest absolute Gasteiger partial charge is 0.493 e. The van der Waals surface area contributed by atoms with Crippen LogP contribution >= 0.6 is 0 Å². The van der Waals surface area contributed by atoms with Gasteiger partial charge in [-0.3, -0.25) is 4.79 Å². The lowest BCUT2D eigenvalue weighted by Gasteiger charge is -2.26. The highest BCUT2D eigenvalue weighted by Crippen LogP contribution is 2.35. The van der Waals surface area contributed by atoms with Crippen molar-refractivity contribution >= 4 is 5.91 Å². The average Bonchev–Trinajstić information content (AvgIpc) is 2.46. The summed E-state index contributed by atoms with van der Waals surface area (Å²) in [5, 5.41) is 12.3. The number of carbonyl (C=O) groups excluding carboxylic acids is 1. The molecule has 0 bridgehead atoms. The Morgan fingerprint density at radius 3 is 2.90 bits per heavy atom. The summed E-state index contributed by atoms with van der Waals surface area (Å²) in [6.07, 6.45) is 2.11. The van der Waals surface area contributed by atoms with Gasteiger partial charge in [-0.1, -0.05) is 32.0 Å². The van der Waals surface area contributed by atoms with Crippen LogP contribution in [0.1, 0.15) is 44.6 Å². The molecule has 0 aromatic heterocycles. The van der Waals surface area contributed by atoms with E-state index in [9.17, 15) is 9.90 Å². The van der Waals surface area contributed by atoms with Gasteiger partial charge in [0.1, 0.15) is 5.75 Å². The van der Waals surface area contributed by atoms with Crippen LogP contribution in [-0.2, 0) is 4.79 Å². The van der Waals surface area contributed by atoms with Gasteiger partial charge in [0.2, 0.25) is 5.91 Å². The first-order valence-corrected chi connectivity index (χ1v) is 7.72. The van der Waals surface area contributed by atoms with Crippen LogP contribution in [0.3, 0.4) is 0 Å². The van der Waals surface area contributed by atoms with Crippen molar-refractivity contribution < 1.29 is 14.6 Å². The molecule has 116 valence electrons. The second kappa shape index (κ2) is 7.46. The summed E-state index contributed by atoms with van der Waals surface area (Å²) in [5.74, 6) is 1.55. The molecule has 0 saturated heterocycles. The predicted octanol–water partition coefficient (Wildman–Crippen LogP) is 2.47. The summed E-state index contributed by atoms with van der Waals surface area (Å²) in [6.45, 7) is 4.83. The molecule has 4 nitrogen and oxygen atoms in total. The van der Waals surface area contributed by atoms with Crippen molar-refractivity contribution in [3.63, 3.8) is 0 Å². The maximum absolute atomic E-state index is 12.2. The van der Waals surface area contributed by atoms with Crippen LogP contribution in [0.5, 0.6) is 5.75 Å². The Labute approximate surface area is 126 Å². The first-order chi connectivity index (χ1) is 10.1. The fourth-order valence-corrected chi connectivity index (χ4v) is 2.89. The number of hydrogen-bond donors (Lipinski definition) is 2. The molecular formula is C17H25NO3. The monoisotopic (exact) mass is 291 g/mol. The van der Waals surface area contributed by atoms with E-state index in [1.807, 2.05) is 24.3 Å². The van der Waals surface area contributed by atoms with Crippen molar-refractivity contribution in [1.82, 2.24) is 5.32 Å². The summed E-state index contributed by atoms with van der Waals surface area (Å²) >= 11 is 0.